The van der Waals surface area contributed by atoms with E-state index in [0.29, 0.717) is 5.88 Å². The summed E-state index contributed by atoms with van der Waals surface area (Å²) >= 11 is 0. The minimum absolute atomic E-state index is 0.0433. The van der Waals surface area contributed by atoms with E-state index in [9.17, 15) is 4.79 Å². The molecule has 0 N–H and O–H groups in total. The maximum Gasteiger partial charge on any atom is 0.263 e. The third kappa shape index (κ3) is 3.07. The maximum absolute atomic E-state index is 12.2. The van der Waals surface area contributed by atoms with E-state index in [4.69, 9.17) is 4.74 Å². The molecule has 1 aromatic carbocycles. The van der Waals surface area contributed by atoms with Crippen LogP contribution >= 0.6 is 0 Å². The number of carbonyl (C=O) groups excluding carboxylic acids is 1. The van der Waals surface area contributed by atoms with Gasteiger partial charge in [0, 0.05) is 25.4 Å². The Hall–Kier alpha value is -2.30. The molecule has 0 radical (unpaired) electrons. The van der Waals surface area contributed by atoms with Crippen LogP contribution in [-0.2, 0) is 4.79 Å². The smallest absolute Gasteiger partial charge is 0.263 e. The molecule has 1 amide bonds. The van der Waals surface area contributed by atoms with Crippen LogP contribution in [0.3, 0.4) is 0 Å². The minimum Gasteiger partial charge on any atom is -0.463 e. The van der Waals surface area contributed by atoms with Gasteiger partial charge in [-0.1, -0.05) is 18.2 Å². The summed E-state index contributed by atoms with van der Waals surface area (Å²) in [7, 11) is 0. The Morgan fingerprint density at radius 1 is 1.19 bits per heavy atom. The third-order valence-electron chi connectivity index (χ3n) is 3.65. The van der Waals surface area contributed by atoms with Crippen molar-refractivity contribution < 1.29 is 9.53 Å². The highest BCUT2D eigenvalue weighted by molar-refractivity contribution is 5.81. The lowest BCUT2D eigenvalue weighted by Gasteiger charge is -2.20. The summed E-state index contributed by atoms with van der Waals surface area (Å²) in [6, 6.07) is 11.6. The summed E-state index contributed by atoms with van der Waals surface area (Å²) in [6.45, 7) is 3.46. The normalized spacial score (nSPS) is 16.0. The summed E-state index contributed by atoms with van der Waals surface area (Å²) in [4.78, 5) is 14.1. The lowest BCUT2D eigenvalue weighted by atomic mass is 10.3. The molecule has 1 aromatic heterocycles. The van der Waals surface area contributed by atoms with Gasteiger partial charge in [-0.2, -0.15) is 0 Å². The number of rotatable bonds is 4. The topological polar surface area (TPSA) is 47.4 Å². The van der Waals surface area contributed by atoms with Crippen LogP contribution in [0.1, 0.15) is 19.8 Å². The second kappa shape index (κ2) is 5.99. The highest BCUT2D eigenvalue weighted by Gasteiger charge is 2.24. The van der Waals surface area contributed by atoms with E-state index in [0.717, 1.165) is 31.6 Å². The van der Waals surface area contributed by atoms with Gasteiger partial charge >= 0.3 is 0 Å². The molecule has 1 aliphatic heterocycles. The standard InChI is InChI=1S/C16H19N3O2/c1-13(16(20)18-10-5-6-11-18)21-15-9-12-19(17-15)14-7-3-2-4-8-14/h2-4,7-9,12-13H,5-6,10-11H2,1H3/t13-/m1/s1. The van der Waals surface area contributed by atoms with Crippen LogP contribution in [0.4, 0.5) is 0 Å². The monoisotopic (exact) mass is 285 g/mol. The Kier molecular flexibility index (Phi) is 3.90. The van der Waals surface area contributed by atoms with E-state index in [1.807, 2.05) is 41.4 Å². The van der Waals surface area contributed by atoms with Crippen molar-refractivity contribution in [2.24, 2.45) is 0 Å². The number of ether oxygens (including phenoxy) is 1. The van der Waals surface area contributed by atoms with Gasteiger partial charge in [0.15, 0.2) is 6.10 Å². The van der Waals surface area contributed by atoms with E-state index in [1.54, 1.807) is 17.7 Å². The largest absolute Gasteiger partial charge is 0.463 e. The molecule has 5 heteroatoms. The zero-order chi connectivity index (χ0) is 14.7. The maximum atomic E-state index is 12.2. The Balaban J connectivity index is 1.65. The van der Waals surface area contributed by atoms with Crippen LogP contribution < -0.4 is 4.74 Å². The van der Waals surface area contributed by atoms with E-state index in [2.05, 4.69) is 5.10 Å². The van der Waals surface area contributed by atoms with Crippen LogP contribution in [0.15, 0.2) is 42.6 Å². The highest BCUT2D eigenvalue weighted by Crippen LogP contribution is 2.15. The molecule has 3 rings (SSSR count). The summed E-state index contributed by atoms with van der Waals surface area (Å²) in [5.74, 6) is 0.515. The van der Waals surface area contributed by atoms with Crippen molar-refractivity contribution in [3.63, 3.8) is 0 Å². The Bertz CT molecular complexity index is 603. The first-order chi connectivity index (χ1) is 10.2. The van der Waals surface area contributed by atoms with Gasteiger partial charge in [0.1, 0.15) is 0 Å². The van der Waals surface area contributed by atoms with Gasteiger partial charge in [-0.15, -0.1) is 5.10 Å². The molecule has 2 aromatic rings. The molecule has 0 spiro atoms. The molecule has 5 nitrogen and oxygen atoms in total. The van der Waals surface area contributed by atoms with Gasteiger partial charge in [-0.3, -0.25) is 4.79 Å². The summed E-state index contributed by atoms with van der Waals surface area (Å²) < 4.78 is 7.41. The lowest BCUT2D eigenvalue weighted by Crippen LogP contribution is -2.38. The summed E-state index contributed by atoms with van der Waals surface area (Å²) in [6.07, 6.45) is 3.50. The number of aromatic nitrogens is 2. The van der Waals surface area contributed by atoms with Crippen molar-refractivity contribution in [3.05, 3.63) is 42.6 Å². The highest BCUT2D eigenvalue weighted by atomic mass is 16.5. The molecule has 1 saturated heterocycles. The van der Waals surface area contributed by atoms with Crippen LogP contribution in [-0.4, -0.2) is 39.8 Å². The van der Waals surface area contributed by atoms with Crippen LogP contribution in [0.2, 0.25) is 0 Å². The van der Waals surface area contributed by atoms with E-state index in [-0.39, 0.29) is 5.91 Å². The van der Waals surface area contributed by atoms with Gasteiger partial charge in [0.25, 0.3) is 5.91 Å². The zero-order valence-corrected chi connectivity index (χ0v) is 12.1. The Morgan fingerprint density at radius 2 is 1.90 bits per heavy atom. The van der Waals surface area contributed by atoms with E-state index < -0.39 is 6.10 Å². The average Bonchev–Trinajstić information content (AvgIpc) is 3.19. The lowest BCUT2D eigenvalue weighted by molar-refractivity contribution is -0.136. The number of hydrogen-bond donors (Lipinski definition) is 0. The van der Waals surface area contributed by atoms with Crippen LogP contribution in [0, 0.1) is 0 Å². The predicted octanol–water partition coefficient (Wildman–Crippen LogP) is 2.26. The third-order valence-corrected chi connectivity index (χ3v) is 3.65. The second-order valence-electron chi connectivity index (χ2n) is 5.23. The molecule has 0 unspecified atom stereocenters. The summed E-state index contributed by atoms with van der Waals surface area (Å²) in [5, 5.41) is 4.35. The number of carbonyl (C=O) groups is 1. The molecule has 21 heavy (non-hydrogen) atoms. The fourth-order valence-corrected chi connectivity index (χ4v) is 2.52. The molecule has 110 valence electrons. The first-order valence-electron chi connectivity index (χ1n) is 7.30. The molecule has 0 bridgehead atoms. The predicted molar refractivity (Wildman–Crippen MR) is 79.5 cm³/mol. The van der Waals surface area contributed by atoms with Crippen molar-refractivity contribution in [1.82, 2.24) is 14.7 Å². The van der Waals surface area contributed by atoms with Crippen molar-refractivity contribution in [2.75, 3.05) is 13.1 Å². The molecule has 1 atom stereocenters. The first kappa shape index (κ1) is 13.7. The minimum atomic E-state index is -0.498. The summed E-state index contributed by atoms with van der Waals surface area (Å²) in [5.41, 5.74) is 0.964. The van der Waals surface area contributed by atoms with Gasteiger partial charge in [-0.25, -0.2) is 4.68 Å². The van der Waals surface area contributed by atoms with Crippen LogP contribution in [0.25, 0.3) is 5.69 Å². The molecule has 2 heterocycles. The number of likely N-dealkylation sites (tertiary alicyclic amines) is 1. The molecular weight excluding hydrogens is 266 g/mol. The zero-order valence-electron chi connectivity index (χ0n) is 12.1. The fourth-order valence-electron chi connectivity index (χ4n) is 2.52. The number of hydrogen-bond acceptors (Lipinski definition) is 3. The van der Waals surface area contributed by atoms with Crippen molar-refractivity contribution in [3.8, 4) is 11.6 Å². The van der Waals surface area contributed by atoms with Crippen molar-refractivity contribution >= 4 is 5.91 Å². The SMILES string of the molecule is C[C@@H](Oc1ccn(-c2ccccc2)n1)C(=O)N1CCCC1. The molecule has 1 fully saturated rings. The number of amides is 1. The Labute approximate surface area is 124 Å². The fraction of sp³-hybridized carbons (Fsp3) is 0.375. The molecule has 0 saturated carbocycles. The molecule has 1 aliphatic rings. The van der Waals surface area contributed by atoms with Gasteiger partial charge in [0.05, 0.1) is 5.69 Å². The second-order valence-corrected chi connectivity index (χ2v) is 5.23. The van der Waals surface area contributed by atoms with Gasteiger partial charge < -0.3 is 9.64 Å². The molecule has 0 aliphatic carbocycles. The van der Waals surface area contributed by atoms with Crippen molar-refractivity contribution in [1.29, 1.82) is 0 Å². The average molecular weight is 285 g/mol. The Morgan fingerprint density at radius 3 is 2.62 bits per heavy atom. The number of nitrogens with zero attached hydrogens (tertiary/aromatic N) is 3. The number of para-hydroxylation sites is 1. The van der Waals surface area contributed by atoms with Crippen LogP contribution in [0.5, 0.6) is 5.88 Å². The van der Waals surface area contributed by atoms with Gasteiger partial charge in [-0.05, 0) is 31.9 Å². The van der Waals surface area contributed by atoms with E-state index in [1.165, 1.54) is 0 Å². The molecular formula is C16H19N3O2. The number of benzene rings is 1. The quantitative estimate of drug-likeness (QED) is 0.865. The van der Waals surface area contributed by atoms with Crippen molar-refractivity contribution in [2.45, 2.75) is 25.9 Å². The van der Waals surface area contributed by atoms with E-state index >= 15 is 0 Å². The van der Waals surface area contributed by atoms with Gasteiger partial charge in [0.2, 0.25) is 5.88 Å². The first-order valence-corrected chi connectivity index (χ1v) is 7.30.